The molecule has 1 aromatic heterocycles. The van der Waals surface area contributed by atoms with Crippen molar-refractivity contribution in [2.24, 2.45) is 5.73 Å². The summed E-state index contributed by atoms with van der Waals surface area (Å²) in [5, 5.41) is 2.10. The molecule has 1 heterocycles. The largest absolute Gasteiger partial charge is 0.326 e. The van der Waals surface area contributed by atoms with Gasteiger partial charge in [0, 0.05) is 17.8 Å². The molecule has 5 nitrogen and oxygen atoms in total. The normalized spacial score (nSPS) is 15.1. The van der Waals surface area contributed by atoms with E-state index < -0.39 is 20.7 Å². The van der Waals surface area contributed by atoms with E-state index >= 15 is 0 Å². The molecule has 8 heteroatoms. The van der Waals surface area contributed by atoms with Gasteiger partial charge in [0.1, 0.15) is 10.7 Å². The Bertz CT molecular complexity index is 769. The molecule has 0 aliphatic heterocycles. The van der Waals surface area contributed by atoms with Gasteiger partial charge in [0.25, 0.3) is 10.0 Å². The van der Waals surface area contributed by atoms with Crippen LogP contribution >= 0.6 is 11.3 Å². The lowest BCUT2D eigenvalue weighted by Gasteiger charge is -2.07. The average molecular weight is 327 g/mol. The number of sulfonamides is 1. The third-order valence-corrected chi connectivity index (χ3v) is 5.54. The molecule has 2 aromatic rings. The van der Waals surface area contributed by atoms with Crippen molar-refractivity contribution < 1.29 is 12.8 Å². The zero-order valence-electron chi connectivity index (χ0n) is 11.0. The maximum Gasteiger partial charge on any atom is 0.266 e. The van der Waals surface area contributed by atoms with Gasteiger partial charge in [0.05, 0.1) is 5.69 Å². The van der Waals surface area contributed by atoms with Crippen LogP contribution in [0.2, 0.25) is 0 Å². The van der Waals surface area contributed by atoms with Crippen molar-refractivity contribution in [1.82, 2.24) is 4.98 Å². The van der Waals surface area contributed by atoms with Crippen LogP contribution in [0.3, 0.4) is 0 Å². The number of nitrogens with zero attached hydrogens (tertiary/aromatic N) is 1. The van der Waals surface area contributed by atoms with Gasteiger partial charge in [-0.05, 0) is 30.5 Å². The summed E-state index contributed by atoms with van der Waals surface area (Å²) in [6.45, 7) is 0.155. The maximum atomic E-state index is 13.9. The van der Waals surface area contributed by atoms with Crippen molar-refractivity contribution >= 4 is 26.5 Å². The Balaban J connectivity index is 1.85. The monoisotopic (exact) mass is 327 g/mol. The Morgan fingerprint density at radius 3 is 2.81 bits per heavy atom. The smallest absolute Gasteiger partial charge is 0.266 e. The molecule has 0 spiro atoms. The number of hydrogen-bond donors (Lipinski definition) is 2. The van der Waals surface area contributed by atoms with Gasteiger partial charge in [0.2, 0.25) is 0 Å². The van der Waals surface area contributed by atoms with E-state index in [2.05, 4.69) is 9.71 Å². The average Bonchev–Trinajstić information content (AvgIpc) is 3.19. The van der Waals surface area contributed by atoms with Crippen LogP contribution in [0.4, 0.5) is 9.52 Å². The molecule has 1 saturated carbocycles. The van der Waals surface area contributed by atoms with Crippen molar-refractivity contribution in [3.63, 3.8) is 0 Å². The molecule has 0 saturated heterocycles. The molecular weight excluding hydrogens is 313 g/mol. The topological polar surface area (TPSA) is 85.1 Å². The molecule has 3 rings (SSSR count). The van der Waals surface area contributed by atoms with Gasteiger partial charge in [-0.1, -0.05) is 6.07 Å². The zero-order valence-corrected chi connectivity index (χ0v) is 12.7. The summed E-state index contributed by atoms with van der Waals surface area (Å²) in [7, 11) is -3.98. The van der Waals surface area contributed by atoms with Crippen molar-refractivity contribution in [3.8, 4) is 0 Å². The van der Waals surface area contributed by atoms with Crippen LogP contribution < -0.4 is 10.5 Å². The predicted octanol–water partition coefficient (Wildman–Crippen LogP) is 2.42. The first-order valence-corrected chi connectivity index (χ1v) is 8.82. The second-order valence-electron chi connectivity index (χ2n) is 4.93. The van der Waals surface area contributed by atoms with Gasteiger partial charge < -0.3 is 5.73 Å². The van der Waals surface area contributed by atoms with Crippen molar-refractivity contribution in [1.29, 1.82) is 0 Å². The molecule has 0 unspecified atom stereocenters. The first-order valence-electron chi connectivity index (χ1n) is 6.46. The minimum absolute atomic E-state index is 0.155. The minimum atomic E-state index is -3.98. The third kappa shape index (κ3) is 3.07. The molecule has 1 fully saturated rings. The van der Waals surface area contributed by atoms with Gasteiger partial charge >= 0.3 is 0 Å². The summed E-state index contributed by atoms with van der Waals surface area (Å²) in [5.41, 5.74) is 6.84. The van der Waals surface area contributed by atoms with Crippen LogP contribution in [0.5, 0.6) is 0 Å². The van der Waals surface area contributed by atoms with Crippen LogP contribution in [-0.4, -0.2) is 13.4 Å². The SMILES string of the molecule is NCc1ccc(S(=O)(=O)Nc2nc(C3CC3)cs2)c(F)c1. The highest BCUT2D eigenvalue weighted by atomic mass is 32.2. The van der Waals surface area contributed by atoms with E-state index in [0.29, 0.717) is 11.5 Å². The molecule has 112 valence electrons. The molecule has 0 atom stereocenters. The number of hydrogen-bond acceptors (Lipinski definition) is 5. The fourth-order valence-electron chi connectivity index (χ4n) is 1.96. The molecule has 0 radical (unpaired) electrons. The number of aromatic nitrogens is 1. The Morgan fingerprint density at radius 1 is 1.43 bits per heavy atom. The van der Waals surface area contributed by atoms with E-state index in [1.165, 1.54) is 23.5 Å². The van der Waals surface area contributed by atoms with Crippen LogP contribution in [0.15, 0.2) is 28.5 Å². The van der Waals surface area contributed by atoms with E-state index in [1.54, 1.807) is 0 Å². The Morgan fingerprint density at radius 2 is 2.19 bits per heavy atom. The molecule has 0 amide bonds. The Hall–Kier alpha value is -1.51. The van der Waals surface area contributed by atoms with Crippen molar-refractivity contribution in [2.75, 3.05) is 4.72 Å². The van der Waals surface area contributed by atoms with Gasteiger partial charge in [-0.2, -0.15) is 0 Å². The lowest BCUT2D eigenvalue weighted by Crippen LogP contribution is -2.15. The molecule has 21 heavy (non-hydrogen) atoms. The van der Waals surface area contributed by atoms with E-state index in [4.69, 9.17) is 5.73 Å². The third-order valence-electron chi connectivity index (χ3n) is 3.26. The van der Waals surface area contributed by atoms with E-state index in [-0.39, 0.29) is 11.7 Å². The number of halogens is 1. The minimum Gasteiger partial charge on any atom is -0.326 e. The number of benzene rings is 1. The van der Waals surface area contributed by atoms with E-state index in [0.717, 1.165) is 24.6 Å². The number of thiazole rings is 1. The molecule has 1 aliphatic carbocycles. The van der Waals surface area contributed by atoms with Gasteiger partial charge in [-0.15, -0.1) is 11.3 Å². The second kappa shape index (κ2) is 5.36. The second-order valence-corrected chi connectivity index (χ2v) is 7.44. The highest BCUT2D eigenvalue weighted by Crippen LogP contribution is 2.41. The van der Waals surface area contributed by atoms with Gasteiger partial charge in [-0.25, -0.2) is 17.8 Å². The summed E-state index contributed by atoms with van der Waals surface area (Å²) in [6, 6.07) is 3.84. The molecule has 1 aromatic carbocycles. The fourth-order valence-corrected chi connectivity index (χ4v) is 4.06. The predicted molar refractivity (Wildman–Crippen MR) is 79.2 cm³/mol. The first kappa shape index (κ1) is 14.4. The number of rotatable bonds is 5. The molecular formula is C13H14FN3O2S2. The van der Waals surface area contributed by atoms with Gasteiger partial charge in [0.15, 0.2) is 5.13 Å². The zero-order chi connectivity index (χ0) is 15.0. The summed E-state index contributed by atoms with van der Waals surface area (Å²) in [4.78, 5) is 3.83. The Kier molecular flexibility index (Phi) is 3.68. The quantitative estimate of drug-likeness (QED) is 0.883. The number of nitrogens with one attached hydrogen (secondary N) is 1. The summed E-state index contributed by atoms with van der Waals surface area (Å²) in [5.74, 6) is -0.371. The van der Waals surface area contributed by atoms with E-state index in [1.807, 2.05) is 5.38 Å². The highest BCUT2D eigenvalue weighted by Gasteiger charge is 2.27. The van der Waals surface area contributed by atoms with Crippen LogP contribution in [-0.2, 0) is 16.6 Å². The summed E-state index contributed by atoms with van der Waals surface area (Å²) in [6.07, 6.45) is 2.18. The standard InChI is InChI=1S/C13H14FN3O2S2/c14-10-5-8(6-15)1-4-12(10)21(18,19)17-13-16-11(7-20-13)9-2-3-9/h1,4-5,7,9H,2-3,6,15H2,(H,16,17). The summed E-state index contributed by atoms with van der Waals surface area (Å²) >= 11 is 1.21. The van der Waals surface area contributed by atoms with Crippen molar-refractivity contribution in [2.45, 2.75) is 30.2 Å². The van der Waals surface area contributed by atoms with Crippen molar-refractivity contribution in [3.05, 3.63) is 40.7 Å². The number of anilines is 1. The lowest BCUT2D eigenvalue weighted by atomic mass is 10.2. The summed E-state index contributed by atoms with van der Waals surface area (Å²) < 4.78 is 40.6. The van der Waals surface area contributed by atoms with Crippen LogP contribution in [0, 0.1) is 5.82 Å². The number of nitrogens with two attached hydrogens (primary N) is 1. The Labute approximate surface area is 126 Å². The molecule has 1 aliphatic rings. The fraction of sp³-hybridized carbons (Fsp3) is 0.308. The maximum absolute atomic E-state index is 13.9. The van der Waals surface area contributed by atoms with E-state index in [9.17, 15) is 12.8 Å². The van der Waals surface area contributed by atoms with Crippen LogP contribution in [0.25, 0.3) is 0 Å². The highest BCUT2D eigenvalue weighted by molar-refractivity contribution is 7.93. The molecule has 3 N–H and O–H groups in total. The van der Waals surface area contributed by atoms with Crippen LogP contribution in [0.1, 0.15) is 30.0 Å². The lowest BCUT2D eigenvalue weighted by molar-refractivity contribution is 0.569. The first-order chi connectivity index (χ1) is 9.99. The molecule has 0 bridgehead atoms. The van der Waals surface area contributed by atoms with Gasteiger partial charge in [-0.3, -0.25) is 4.72 Å².